The Morgan fingerprint density at radius 1 is 0.795 bits per heavy atom. The number of ether oxygens (including phenoxy) is 1. The minimum atomic E-state index is -3.81. The van der Waals surface area contributed by atoms with Gasteiger partial charge in [-0.2, -0.15) is 4.31 Å². The molecule has 1 atom stereocenters. The molecule has 0 heterocycles. The summed E-state index contributed by atoms with van der Waals surface area (Å²) < 4.78 is 45.9. The Morgan fingerprint density at radius 3 is 1.98 bits per heavy atom. The van der Waals surface area contributed by atoms with Gasteiger partial charge in [-0.25, -0.2) is 12.8 Å². The fourth-order valence-electron chi connectivity index (χ4n) is 4.81. The number of sulfonamides is 1. The lowest BCUT2D eigenvalue weighted by atomic mass is 10.0. The van der Waals surface area contributed by atoms with Crippen LogP contribution in [0.4, 0.5) is 4.39 Å². The van der Waals surface area contributed by atoms with Crippen LogP contribution < -0.4 is 10.1 Å². The van der Waals surface area contributed by atoms with Crippen LogP contribution in [0.15, 0.2) is 109 Å². The maximum atomic E-state index is 14.1. The number of nitrogens with one attached hydrogen (secondary N) is 1. The van der Waals surface area contributed by atoms with E-state index in [0.29, 0.717) is 16.9 Å². The fourth-order valence-corrected chi connectivity index (χ4v) is 5.54. The van der Waals surface area contributed by atoms with Crippen molar-refractivity contribution in [3.8, 4) is 5.75 Å². The smallest absolute Gasteiger partial charge is 0.243 e. The first-order valence-electron chi connectivity index (χ1n) is 14.1. The molecule has 0 unspecified atom stereocenters. The van der Waals surface area contributed by atoms with Crippen LogP contribution in [-0.2, 0) is 45.7 Å². The van der Waals surface area contributed by atoms with Gasteiger partial charge >= 0.3 is 0 Å². The average Bonchev–Trinajstić information content (AvgIpc) is 3.02. The molecule has 0 bridgehead atoms. The molecule has 0 fully saturated rings. The number of para-hydroxylation sites is 1. The Kier molecular flexibility index (Phi) is 11.2. The van der Waals surface area contributed by atoms with Gasteiger partial charge in [-0.15, -0.1) is 0 Å². The molecule has 0 spiro atoms. The zero-order valence-electron chi connectivity index (χ0n) is 24.7. The molecule has 0 aliphatic heterocycles. The highest BCUT2D eigenvalue weighted by molar-refractivity contribution is 7.88. The summed E-state index contributed by atoms with van der Waals surface area (Å²) in [7, 11) is -2.26. The van der Waals surface area contributed by atoms with Gasteiger partial charge in [0.25, 0.3) is 0 Å². The van der Waals surface area contributed by atoms with E-state index in [-0.39, 0.29) is 26.1 Å². The average molecular weight is 618 g/mol. The molecule has 4 aromatic carbocycles. The van der Waals surface area contributed by atoms with E-state index in [4.69, 9.17) is 4.74 Å². The van der Waals surface area contributed by atoms with Crippen molar-refractivity contribution in [2.24, 2.45) is 0 Å². The molecular formula is C34H36FN3O5S. The molecule has 0 saturated carbocycles. The molecule has 1 N–H and O–H groups in total. The largest absolute Gasteiger partial charge is 0.496 e. The summed E-state index contributed by atoms with van der Waals surface area (Å²) >= 11 is 0. The normalized spacial score (nSPS) is 12.0. The van der Waals surface area contributed by atoms with E-state index >= 15 is 0 Å². The Morgan fingerprint density at radius 2 is 1.36 bits per heavy atom. The van der Waals surface area contributed by atoms with Crippen LogP contribution >= 0.6 is 0 Å². The number of hydrogen-bond donors (Lipinski definition) is 1. The highest BCUT2D eigenvalue weighted by Gasteiger charge is 2.33. The number of hydrogen-bond acceptors (Lipinski definition) is 5. The van der Waals surface area contributed by atoms with Gasteiger partial charge in [0, 0.05) is 31.6 Å². The van der Waals surface area contributed by atoms with Gasteiger partial charge in [-0.05, 0) is 34.9 Å². The lowest BCUT2D eigenvalue weighted by Gasteiger charge is -2.33. The second kappa shape index (κ2) is 15.3. The minimum absolute atomic E-state index is 0.0147. The van der Waals surface area contributed by atoms with Gasteiger partial charge in [0.2, 0.25) is 21.8 Å². The zero-order chi connectivity index (χ0) is 31.5. The summed E-state index contributed by atoms with van der Waals surface area (Å²) in [6.45, 7) is -0.392. The molecule has 0 aliphatic carbocycles. The van der Waals surface area contributed by atoms with Crippen LogP contribution in [0.5, 0.6) is 5.75 Å². The maximum absolute atomic E-state index is 14.1. The third-order valence-electron chi connectivity index (χ3n) is 7.17. The van der Waals surface area contributed by atoms with Crippen LogP contribution in [0.3, 0.4) is 0 Å². The predicted molar refractivity (Wildman–Crippen MR) is 167 cm³/mol. The van der Waals surface area contributed by atoms with E-state index in [1.165, 1.54) is 17.0 Å². The number of carbonyl (C=O) groups is 2. The second-order valence-corrected chi connectivity index (χ2v) is 12.4. The monoisotopic (exact) mass is 617 g/mol. The van der Waals surface area contributed by atoms with E-state index in [1.807, 2.05) is 54.6 Å². The minimum Gasteiger partial charge on any atom is -0.496 e. The van der Waals surface area contributed by atoms with Gasteiger partial charge in [-0.3, -0.25) is 9.59 Å². The molecule has 0 radical (unpaired) electrons. The first-order valence-corrected chi connectivity index (χ1v) is 16.0. The second-order valence-electron chi connectivity index (χ2n) is 10.4. The van der Waals surface area contributed by atoms with E-state index in [2.05, 4.69) is 5.32 Å². The number of methoxy groups -OCH3 is 1. The van der Waals surface area contributed by atoms with Gasteiger partial charge < -0.3 is 15.0 Å². The van der Waals surface area contributed by atoms with Crippen molar-refractivity contribution < 1.29 is 27.1 Å². The van der Waals surface area contributed by atoms with E-state index in [0.717, 1.165) is 21.7 Å². The molecule has 4 rings (SSSR count). The first-order chi connectivity index (χ1) is 21.1. The fraction of sp³-hybridized carbons (Fsp3) is 0.235. The molecule has 4 aromatic rings. The number of carbonyl (C=O) groups excluding carboxylic acids is 2. The van der Waals surface area contributed by atoms with E-state index < -0.39 is 40.2 Å². The Bertz CT molecular complexity index is 1630. The summed E-state index contributed by atoms with van der Waals surface area (Å²) in [5.41, 5.74) is 2.87. The quantitative estimate of drug-likeness (QED) is 0.224. The third kappa shape index (κ3) is 9.23. The van der Waals surface area contributed by atoms with Gasteiger partial charge in [0.15, 0.2) is 0 Å². The van der Waals surface area contributed by atoms with Crippen LogP contribution in [0.1, 0.15) is 22.3 Å². The van der Waals surface area contributed by atoms with Crippen molar-refractivity contribution in [3.63, 3.8) is 0 Å². The Hall–Kier alpha value is -4.54. The predicted octanol–water partition coefficient (Wildman–Crippen LogP) is 4.55. The lowest BCUT2D eigenvalue weighted by molar-refractivity contribution is -0.141. The first kappa shape index (κ1) is 32.4. The Labute approximate surface area is 258 Å². The molecule has 8 nitrogen and oxygen atoms in total. The van der Waals surface area contributed by atoms with Crippen molar-refractivity contribution in [1.29, 1.82) is 0 Å². The number of amides is 2. The van der Waals surface area contributed by atoms with Crippen molar-refractivity contribution in [3.05, 3.63) is 137 Å². The van der Waals surface area contributed by atoms with Gasteiger partial charge in [-0.1, -0.05) is 91.0 Å². The summed E-state index contributed by atoms with van der Waals surface area (Å²) in [6.07, 6.45) is 1.22. The van der Waals surface area contributed by atoms with Crippen LogP contribution in [0.25, 0.3) is 0 Å². The molecule has 0 saturated heterocycles. The molecule has 230 valence electrons. The molecule has 10 heteroatoms. The third-order valence-corrected chi connectivity index (χ3v) is 8.36. The SMILES string of the molecule is COc1ccccc1CNC(=O)[C@@H](Cc1ccccc1)N(Cc1ccc(F)cc1)C(=O)CN(Cc1ccccc1)S(C)(=O)=O. The van der Waals surface area contributed by atoms with Crippen molar-refractivity contribution in [1.82, 2.24) is 14.5 Å². The Balaban J connectivity index is 1.69. The highest BCUT2D eigenvalue weighted by atomic mass is 32.2. The number of benzene rings is 4. The molecular weight excluding hydrogens is 581 g/mol. The highest BCUT2D eigenvalue weighted by Crippen LogP contribution is 2.20. The summed E-state index contributed by atoms with van der Waals surface area (Å²) in [5.74, 6) is -0.822. The van der Waals surface area contributed by atoms with Crippen molar-refractivity contribution in [2.75, 3.05) is 19.9 Å². The van der Waals surface area contributed by atoms with Crippen molar-refractivity contribution >= 4 is 21.8 Å². The van der Waals surface area contributed by atoms with E-state index in [9.17, 15) is 22.4 Å². The maximum Gasteiger partial charge on any atom is 0.243 e. The lowest BCUT2D eigenvalue weighted by Crippen LogP contribution is -2.53. The summed E-state index contributed by atoms with van der Waals surface area (Å²) in [5, 5.41) is 2.94. The number of halogens is 1. The zero-order valence-corrected chi connectivity index (χ0v) is 25.5. The molecule has 44 heavy (non-hydrogen) atoms. The number of nitrogens with zero attached hydrogens (tertiary/aromatic N) is 2. The van der Waals surface area contributed by atoms with E-state index in [1.54, 1.807) is 49.6 Å². The van der Waals surface area contributed by atoms with Crippen LogP contribution in [-0.4, -0.2) is 55.4 Å². The van der Waals surface area contributed by atoms with Gasteiger partial charge in [0.1, 0.15) is 17.6 Å². The van der Waals surface area contributed by atoms with Crippen LogP contribution in [0.2, 0.25) is 0 Å². The summed E-state index contributed by atoms with van der Waals surface area (Å²) in [4.78, 5) is 29.4. The van der Waals surface area contributed by atoms with Gasteiger partial charge in [0.05, 0.1) is 19.9 Å². The number of rotatable bonds is 14. The summed E-state index contributed by atoms with van der Waals surface area (Å²) in [6, 6.07) is 30.2. The topological polar surface area (TPSA) is 96.0 Å². The van der Waals surface area contributed by atoms with Crippen molar-refractivity contribution in [2.45, 2.75) is 32.1 Å². The molecule has 0 aromatic heterocycles. The van der Waals surface area contributed by atoms with Crippen LogP contribution in [0, 0.1) is 5.82 Å². The molecule has 2 amide bonds. The standard InChI is InChI=1S/C34H36FN3O5S/c1-43-32-16-10-9-15-29(32)22-36-34(40)31(21-26-11-5-3-6-12-26)38(24-28-17-19-30(35)20-18-28)33(39)25-37(44(2,41)42)23-27-13-7-4-8-14-27/h3-20,31H,21-25H2,1-2H3,(H,36,40)/t31-/m1/s1. The molecule has 0 aliphatic rings.